The van der Waals surface area contributed by atoms with Crippen LogP contribution in [-0.4, -0.2) is 13.1 Å². The highest BCUT2D eigenvalue weighted by atomic mass is 35.5. The molecule has 0 radical (unpaired) electrons. The maximum Gasteiger partial charge on any atom is 0.000300 e. The van der Waals surface area contributed by atoms with Crippen molar-refractivity contribution in [3.8, 4) is 0 Å². The second-order valence-corrected chi connectivity index (χ2v) is 3.09. The fraction of sp³-hybridized carbons (Fsp3) is 1.00. The van der Waals surface area contributed by atoms with E-state index in [4.69, 9.17) is 0 Å². The Morgan fingerprint density at radius 1 is 1.38 bits per heavy atom. The summed E-state index contributed by atoms with van der Waals surface area (Å²) in [5.74, 6) is 0. The van der Waals surface area contributed by atoms with Crippen molar-refractivity contribution in [2.45, 2.75) is 20.3 Å². The standard InChI is InChI=1S/C6H13N.ClH/c1-6(2)3-4-7-5-6;/h7H,3-5H2,1-2H3;1H. The molecule has 0 unspecified atom stereocenters. The van der Waals surface area contributed by atoms with Crippen LogP contribution in [0.15, 0.2) is 0 Å². The van der Waals surface area contributed by atoms with E-state index in [1.54, 1.807) is 0 Å². The minimum Gasteiger partial charge on any atom is -0.316 e. The molecule has 0 spiro atoms. The molecule has 1 nitrogen and oxygen atoms in total. The molecule has 1 aliphatic heterocycles. The minimum absolute atomic E-state index is 0. The van der Waals surface area contributed by atoms with Crippen molar-refractivity contribution >= 4 is 12.4 Å². The molecule has 0 aromatic rings. The van der Waals surface area contributed by atoms with Crippen LogP contribution in [0, 0.1) is 5.41 Å². The molecule has 0 saturated carbocycles. The van der Waals surface area contributed by atoms with E-state index in [2.05, 4.69) is 19.2 Å². The lowest BCUT2D eigenvalue weighted by Gasteiger charge is -2.12. The van der Waals surface area contributed by atoms with Gasteiger partial charge in [-0.1, -0.05) is 13.8 Å². The summed E-state index contributed by atoms with van der Waals surface area (Å²) in [5.41, 5.74) is 0.583. The Balaban J connectivity index is 0.000000490. The van der Waals surface area contributed by atoms with Crippen LogP contribution in [0.4, 0.5) is 0 Å². The minimum atomic E-state index is 0. The zero-order valence-electron chi connectivity index (χ0n) is 5.53. The highest BCUT2D eigenvalue weighted by molar-refractivity contribution is 5.85. The van der Waals surface area contributed by atoms with Crippen LogP contribution < -0.4 is 5.32 Å². The smallest absolute Gasteiger partial charge is 0.000300 e. The summed E-state index contributed by atoms with van der Waals surface area (Å²) in [6, 6.07) is 0. The van der Waals surface area contributed by atoms with Gasteiger partial charge in [0.15, 0.2) is 0 Å². The molecular formula is C6H14ClN. The van der Waals surface area contributed by atoms with Gasteiger partial charge < -0.3 is 5.32 Å². The third-order valence-electron chi connectivity index (χ3n) is 1.58. The largest absolute Gasteiger partial charge is 0.316 e. The number of hydrogen-bond donors (Lipinski definition) is 1. The Labute approximate surface area is 57.3 Å². The van der Waals surface area contributed by atoms with E-state index < -0.39 is 0 Å². The van der Waals surface area contributed by atoms with Crippen molar-refractivity contribution in [1.82, 2.24) is 5.32 Å². The van der Waals surface area contributed by atoms with E-state index in [0.29, 0.717) is 5.41 Å². The Bertz CT molecular complexity index is 62.9. The first-order chi connectivity index (χ1) is 3.21. The van der Waals surface area contributed by atoms with Gasteiger partial charge in [-0.25, -0.2) is 0 Å². The van der Waals surface area contributed by atoms with Crippen LogP contribution >= 0.6 is 12.4 Å². The molecule has 2 heteroatoms. The molecule has 0 bridgehead atoms. The topological polar surface area (TPSA) is 12.0 Å². The molecule has 0 aromatic carbocycles. The monoisotopic (exact) mass is 135 g/mol. The molecule has 0 aromatic heterocycles. The first-order valence-corrected chi connectivity index (χ1v) is 2.91. The lowest BCUT2D eigenvalue weighted by atomic mass is 9.93. The van der Waals surface area contributed by atoms with E-state index >= 15 is 0 Å². The van der Waals surface area contributed by atoms with Crippen LogP contribution in [0.2, 0.25) is 0 Å². The Morgan fingerprint density at radius 3 is 2.12 bits per heavy atom. The van der Waals surface area contributed by atoms with E-state index in [-0.39, 0.29) is 12.4 Å². The molecule has 8 heavy (non-hydrogen) atoms. The van der Waals surface area contributed by atoms with Gasteiger partial charge in [0, 0.05) is 6.54 Å². The fourth-order valence-corrected chi connectivity index (χ4v) is 0.942. The van der Waals surface area contributed by atoms with E-state index in [1.165, 1.54) is 19.5 Å². The first kappa shape index (κ1) is 8.25. The quantitative estimate of drug-likeness (QED) is 0.530. The van der Waals surface area contributed by atoms with Crippen LogP contribution in [0.1, 0.15) is 20.3 Å². The van der Waals surface area contributed by atoms with Gasteiger partial charge in [0.05, 0.1) is 0 Å². The fourth-order valence-electron chi connectivity index (χ4n) is 0.942. The summed E-state index contributed by atoms with van der Waals surface area (Å²) < 4.78 is 0. The maximum atomic E-state index is 3.31. The second-order valence-electron chi connectivity index (χ2n) is 3.09. The average molecular weight is 136 g/mol. The molecule has 0 aliphatic carbocycles. The lowest BCUT2D eigenvalue weighted by Crippen LogP contribution is -2.15. The van der Waals surface area contributed by atoms with Crippen molar-refractivity contribution in [1.29, 1.82) is 0 Å². The molecule has 0 amide bonds. The molecule has 50 valence electrons. The number of hydrogen-bond acceptors (Lipinski definition) is 1. The Kier molecular flexibility index (Phi) is 2.78. The SMILES string of the molecule is CC1(C)CCNC1.Cl. The second kappa shape index (κ2) is 2.70. The predicted molar refractivity (Wildman–Crippen MR) is 38.5 cm³/mol. The molecule has 1 rings (SSSR count). The third kappa shape index (κ3) is 2.01. The number of rotatable bonds is 0. The number of halogens is 1. The van der Waals surface area contributed by atoms with Crippen LogP contribution in [-0.2, 0) is 0 Å². The highest BCUT2D eigenvalue weighted by Crippen LogP contribution is 2.21. The first-order valence-electron chi connectivity index (χ1n) is 2.91. The predicted octanol–water partition coefficient (Wildman–Crippen LogP) is 1.43. The van der Waals surface area contributed by atoms with E-state index in [9.17, 15) is 0 Å². The Morgan fingerprint density at radius 2 is 2.00 bits per heavy atom. The third-order valence-corrected chi connectivity index (χ3v) is 1.58. The van der Waals surface area contributed by atoms with Gasteiger partial charge >= 0.3 is 0 Å². The molecule has 1 N–H and O–H groups in total. The van der Waals surface area contributed by atoms with Crippen LogP contribution in [0.3, 0.4) is 0 Å². The Hall–Kier alpha value is 0.250. The molecule has 0 atom stereocenters. The highest BCUT2D eigenvalue weighted by Gasteiger charge is 2.21. The van der Waals surface area contributed by atoms with E-state index in [1.807, 2.05) is 0 Å². The van der Waals surface area contributed by atoms with E-state index in [0.717, 1.165) is 0 Å². The maximum absolute atomic E-state index is 3.31. The normalized spacial score (nSPS) is 24.8. The summed E-state index contributed by atoms with van der Waals surface area (Å²) in [6.07, 6.45) is 1.34. The van der Waals surface area contributed by atoms with Crippen molar-refractivity contribution in [2.75, 3.05) is 13.1 Å². The van der Waals surface area contributed by atoms with Crippen LogP contribution in [0.25, 0.3) is 0 Å². The average Bonchev–Trinajstić information content (AvgIpc) is 1.84. The lowest BCUT2D eigenvalue weighted by molar-refractivity contribution is 0.413. The van der Waals surface area contributed by atoms with Gasteiger partial charge in [-0.3, -0.25) is 0 Å². The van der Waals surface area contributed by atoms with Crippen LogP contribution in [0.5, 0.6) is 0 Å². The van der Waals surface area contributed by atoms with Crippen molar-refractivity contribution in [3.63, 3.8) is 0 Å². The molecule has 1 saturated heterocycles. The van der Waals surface area contributed by atoms with Gasteiger partial charge in [-0.05, 0) is 18.4 Å². The van der Waals surface area contributed by atoms with Crippen molar-refractivity contribution in [2.24, 2.45) is 5.41 Å². The summed E-state index contributed by atoms with van der Waals surface area (Å²) in [4.78, 5) is 0. The van der Waals surface area contributed by atoms with Gasteiger partial charge in [0.2, 0.25) is 0 Å². The molecular weight excluding hydrogens is 122 g/mol. The zero-order valence-corrected chi connectivity index (χ0v) is 6.35. The van der Waals surface area contributed by atoms with Gasteiger partial charge in [0.25, 0.3) is 0 Å². The molecule has 1 heterocycles. The van der Waals surface area contributed by atoms with Gasteiger partial charge in [0.1, 0.15) is 0 Å². The summed E-state index contributed by atoms with van der Waals surface area (Å²) in [7, 11) is 0. The van der Waals surface area contributed by atoms with Gasteiger partial charge in [-0.2, -0.15) is 0 Å². The number of nitrogens with one attached hydrogen (secondary N) is 1. The van der Waals surface area contributed by atoms with Gasteiger partial charge in [-0.15, -0.1) is 12.4 Å². The molecule has 1 fully saturated rings. The van der Waals surface area contributed by atoms with Crippen molar-refractivity contribution < 1.29 is 0 Å². The summed E-state index contributed by atoms with van der Waals surface area (Å²) in [5, 5.41) is 3.31. The zero-order chi connectivity index (χ0) is 5.33. The molecule has 1 aliphatic rings. The summed E-state index contributed by atoms with van der Waals surface area (Å²) >= 11 is 0. The summed E-state index contributed by atoms with van der Waals surface area (Å²) in [6.45, 7) is 7.01. The van der Waals surface area contributed by atoms with Crippen molar-refractivity contribution in [3.05, 3.63) is 0 Å².